The predicted octanol–water partition coefficient (Wildman–Crippen LogP) is 1.26. The van der Waals surface area contributed by atoms with E-state index in [2.05, 4.69) is 15.3 Å². The third-order valence-electron chi connectivity index (χ3n) is 4.66. The number of hydrogen-bond acceptors (Lipinski definition) is 10. The van der Waals surface area contributed by atoms with Crippen LogP contribution in [0.25, 0.3) is 0 Å². The van der Waals surface area contributed by atoms with E-state index < -0.39 is 28.6 Å². The molecule has 1 aliphatic rings. The highest BCUT2D eigenvalue weighted by Crippen LogP contribution is 2.34. The average Bonchev–Trinajstić information content (AvgIpc) is 3.24. The summed E-state index contributed by atoms with van der Waals surface area (Å²) >= 11 is 7.15. The zero-order chi connectivity index (χ0) is 22.1. The molecule has 0 spiro atoms. The monoisotopic (exact) mass is 476 g/mol. The van der Waals surface area contributed by atoms with E-state index in [1.54, 1.807) is 6.92 Å². The number of nitrogens with zero attached hydrogens (tertiary/aromatic N) is 2. The SMILES string of the molecule is CNS(=O)(=O)O[C@@H]1C[C@H](Nc2ncncc2C(=O)c2cc([C@@H](C)O)c(Cl)s2)C[C@@H]1O. The molecule has 164 valence electrons. The molecule has 0 aromatic carbocycles. The molecule has 0 unspecified atom stereocenters. The Balaban J connectivity index is 1.78. The molecule has 2 heterocycles. The third kappa shape index (κ3) is 5.14. The van der Waals surface area contributed by atoms with Gasteiger partial charge in [-0.3, -0.25) is 8.98 Å². The van der Waals surface area contributed by atoms with Gasteiger partial charge in [-0.1, -0.05) is 11.6 Å². The van der Waals surface area contributed by atoms with Crippen molar-refractivity contribution in [3.05, 3.63) is 38.9 Å². The van der Waals surface area contributed by atoms with Gasteiger partial charge in [-0.25, -0.2) is 9.97 Å². The van der Waals surface area contributed by atoms with Crippen LogP contribution in [0.5, 0.6) is 0 Å². The second kappa shape index (κ2) is 9.22. The quantitative estimate of drug-likeness (QED) is 0.412. The number of aliphatic hydroxyl groups excluding tert-OH is 2. The van der Waals surface area contributed by atoms with Crippen molar-refractivity contribution in [2.24, 2.45) is 0 Å². The van der Waals surface area contributed by atoms with Gasteiger partial charge in [0.05, 0.1) is 27.0 Å². The molecule has 13 heteroatoms. The molecule has 10 nitrogen and oxygen atoms in total. The lowest BCUT2D eigenvalue weighted by atomic mass is 10.1. The van der Waals surface area contributed by atoms with Crippen LogP contribution in [0.15, 0.2) is 18.6 Å². The Morgan fingerprint density at radius 3 is 2.80 bits per heavy atom. The second-order valence-electron chi connectivity index (χ2n) is 6.80. The number of thiophene rings is 1. The molecular formula is C17H21ClN4O6S2. The molecule has 0 radical (unpaired) electrons. The van der Waals surface area contributed by atoms with Crippen molar-refractivity contribution in [2.75, 3.05) is 12.4 Å². The van der Waals surface area contributed by atoms with Crippen LogP contribution in [0.1, 0.15) is 46.7 Å². The molecule has 1 aliphatic carbocycles. The molecule has 2 aromatic rings. The Morgan fingerprint density at radius 2 is 2.17 bits per heavy atom. The summed E-state index contributed by atoms with van der Waals surface area (Å²) in [6.07, 6.45) is 0.285. The summed E-state index contributed by atoms with van der Waals surface area (Å²) < 4.78 is 30.5. The lowest BCUT2D eigenvalue weighted by Crippen LogP contribution is -2.31. The highest BCUT2D eigenvalue weighted by Gasteiger charge is 2.37. The molecule has 0 bridgehead atoms. The maximum Gasteiger partial charge on any atom is 0.335 e. The first-order valence-corrected chi connectivity index (χ1v) is 11.6. The van der Waals surface area contributed by atoms with Gasteiger partial charge < -0.3 is 15.5 Å². The van der Waals surface area contributed by atoms with E-state index in [0.717, 1.165) is 11.3 Å². The minimum absolute atomic E-state index is 0.189. The molecule has 0 saturated heterocycles. The first kappa shape index (κ1) is 23.0. The number of rotatable bonds is 8. The summed E-state index contributed by atoms with van der Waals surface area (Å²) in [5.74, 6) is -0.131. The van der Waals surface area contributed by atoms with Gasteiger partial charge in [0, 0.05) is 24.8 Å². The fourth-order valence-electron chi connectivity index (χ4n) is 3.13. The molecule has 1 saturated carbocycles. The summed E-state index contributed by atoms with van der Waals surface area (Å²) in [5.41, 5.74) is 0.648. The minimum Gasteiger partial charge on any atom is -0.390 e. The van der Waals surface area contributed by atoms with E-state index in [1.165, 1.54) is 25.6 Å². The fraction of sp³-hybridized carbons (Fsp3) is 0.471. The Kier molecular flexibility index (Phi) is 7.07. The standard InChI is InChI=1S/C17H21ClN4O6S2/c1-8(23)10-5-14(29-16(10)18)15(25)11-6-20-7-21-17(11)22-9-3-12(24)13(4-9)28-30(26,27)19-2/h5-9,12-13,19,23-24H,3-4H2,1-2H3,(H,20,21,22)/t8-,9-,12+,13-/m1/s1. The Labute approximate surface area is 182 Å². The van der Waals surface area contributed by atoms with Gasteiger partial charge in [0.1, 0.15) is 18.2 Å². The number of aromatic nitrogens is 2. The zero-order valence-electron chi connectivity index (χ0n) is 16.1. The van der Waals surface area contributed by atoms with Gasteiger partial charge in [0.25, 0.3) is 0 Å². The molecule has 3 rings (SSSR count). The van der Waals surface area contributed by atoms with E-state index in [-0.39, 0.29) is 36.0 Å². The summed E-state index contributed by atoms with van der Waals surface area (Å²) in [6, 6.07) is 1.15. The van der Waals surface area contributed by atoms with Crippen LogP contribution in [-0.4, -0.2) is 59.7 Å². The number of anilines is 1. The molecular weight excluding hydrogens is 456 g/mol. The second-order valence-corrected chi connectivity index (χ2v) is 9.97. The van der Waals surface area contributed by atoms with Crippen LogP contribution in [0.3, 0.4) is 0 Å². The van der Waals surface area contributed by atoms with E-state index >= 15 is 0 Å². The number of ketones is 1. The van der Waals surface area contributed by atoms with Crippen LogP contribution in [0.4, 0.5) is 5.82 Å². The van der Waals surface area contributed by atoms with Crippen molar-refractivity contribution in [1.82, 2.24) is 14.7 Å². The van der Waals surface area contributed by atoms with Crippen molar-refractivity contribution in [1.29, 1.82) is 0 Å². The summed E-state index contributed by atoms with van der Waals surface area (Å²) in [7, 11) is -2.73. The lowest BCUT2D eigenvalue weighted by Gasteiger charge is -2.15. The van der Waals surface area contributed by atoms with Crippen molar-refractivity contribution < 1.29 is 27.6 Å². The topological polar surface area (TPSA) is 151 Å². The van der Waals surface area contributed by atoms with Gasteiger partial charge in [-0.05, 0) is 25.8 Å². The largest absolute Gasteiger partial charge is 0.390 e. The smallest absolute Gasteiger partial charge is 0.335 e. The molecule has 4 N–H and O–H groups in total. The van der Waals surface area contributed by atoms with Gasteiger partial charge in [-0.15, -0.1) is 11.3 Å². The molecule has 0 aliphatic heterocycles. The number of carbonyl (C=O) groups is 1. The Hall–Kier alpha value is -1.67. The molecule has 0 amide bonds. The molecule has 1 fully saturated rings. The summed E-state index contributed by atoms with van der Waals surface area (Å²) in [4.78, 5) is 21.3. The van der Waals surface area contributed by atoms with Crippen LogP contribution in [0, 0.1) is 0 Å². The molecule has 2 aromatic heterocycles. The van der Waals surface area contributed by atoms with Crippen LogP contribution < -0.4 is 10.0 Å². The lowest BCUT2D eigenvalue weighted by molar-refractivity contribution is 0.0636. The van der Waals surface area contributed by atoms with Crippen molar-refractivity contribution in [3.8, 4) is 0 Å². The van der Waals surface area contributed by atoms with Crippen LogP contribution >= 0.6 is 22.9 Å². The normalized spacial score (nSPS) is 22.8. The third-order valence-corrected chi connectivity index (χ3v) is 7.05. The number of carbonyl (C=O) groups excluding carboxylic acids is 1. The summed E-state index contributed by atoms with van der Waals surface area (Å²) in [5, 5.41) is 23.0. The van der Waals surface area contributed by atoms with E-state index in [1.807, 2.05) is 4.72 Å². The highest BCUT2D eigenvalue weighted by molar-refractivity contribution is 7.84. The van der Waals surface area contributed by atoms with Gasteiger partial charge >= 0.3 is 10.3 Å². The number of nitrogens with one attached hydrogen (secondary N) is 2. The van der Waals surface area contributed by atoms with Gasteiger partial charge in [-0.2, -0.15) is 13.1 Å². The maximum absolute atomic E-state index is 13.0. The molecule has 4 atom stereocenters. The number of hydrogen-bond donors (Lipinski definition) is 4. The molecule has 30 heavy (non-hydrogen) atoms. The maximum atomic E-state index is 13.0. The Bertz CT molecular complexity index is 1030. The fourth-order valence-corrected chi connectivity index (χ4v) is 5.14. The van der Waals surface area contributed by atoms with Gasteiger partial charge in [0.15, 0.2) is 0 Å². The number of aliphatic hydroxyl groups is 2. The van der Waals surface area contributed by atoms with Crippen LogP contribution in [-0.2, 0) is 14.5 Å². The van der Waals surface area contributed by atoms with Gasteiger partial charge in [0.2, 0.25) is 5.78 Å². The highest BCUT2D eigenvalue weighted by atomic mass is 35.5. The average molecular weight is 477 g/mol. The van der Waals surface area contributed by atoms with E-state index in [4.69, 9.17) is 15.8 Å². The van der Waals surface area contributed by atoms with E-state index in [9.17, 15) is 23.4 Å². The van der Waals surface area contributed by atoms with E-state index in [0.29, 0.717) is 14.8 Å². The first-order valence-electron chi connectivity index (χ1n) is 8.99. The van der Waals surface area contributed by atoms with Crippen molar-refractivity contribution in [3.63, 3.8) is 0 Å². The summed E-state index contributed by atoms with van der Waals surface area (Å²) in [6.45, 7) is 1.55. The zero-order valence-corrected chi connectivity index (χ0v) is 18.5. The first-order chi connectivity index (χ1) is 14.1. The van der Waals surface area contributed by atoms with Crippen LogP contribution in [0.2, 0.25) is 4.34 Å². The minimum atomic E-state index is -3.95. The van der Waals surface area contributed by atoms with Crippen molar-refractivity contribution in [2.45, 2.75) is 44.1 Å². The predicted molar refractivity (Wildman–Crippen MR) is 111 cm³/mol. The Morgan fingerprint density at radius 1 is 1.43 bits per heavy atom. The van der Waals surface area contributed by atoms with Crippen molar-refractivity contribution >= 4 is 44.8 Å². The number of halogens is 1.